The number of aliphatic hydroxyl groups is 1. The molecule has 108 valence electrons. The molecule has 0 amide bonds. The van der Waals surface area contributed by atoms with Crippen molar-refractivity contribution in [3.05, 3.63) is 16.8 Å². The first kappa shape index (κ1) is 13.7. The van der Waals surface area contributed by atoms with Crippen LogP contribution >= 0.6 is 11.3 Å². The van der Waals surface area contributed by atoms with Crippen LogP contribution in [0.4, 0.5) is 5.82 Å². The van der Waals surface area contributed by atoms with Gasteiger partial charge in [0.2, 0.25) is 0 Å². The van der Waals surface area contributed by atoms with E-state index in [0.29, 0.717) is 6.54 Å². The zero-order valence-electron chi connectivity index (χ0n) is 12.0. The highest BCUT2D eigenvalue weighted by Crippen LogP contribution is 2.35. The van der Waals surface area contributed by atoms with Crippen molar-refractivity contribution in [2.24, 2.45) is 0 Å². The first-order chi connectivity index (χ1) is 9.60. The maximum atomic E-state index is 9.36. The lowest BCUT2D eigenvalue weighted by Gasteiger charge is -2.37. The molecule has 5 nitrogen and oxygen atoms in total. The van der Waals surface area contributed by atoms with E-state index in [0.717, 1.165) is 22.6 Å². The van der Waals surface area contributed by atoms with Crippen LogP contribution in [0.2, 0.25) is 0 Å². The molecule has 0 aromatic carbocycles. The molecule has 2 unspecified atom stereocenters. The van der Waals surface area contributed by atoms with E-state index in [-0.39, 0.29) is 18.8 Å². The number of morpholine rings is 1. The molecule has 1 saturated heterocycles. The Labute approximate surface area is 122 Å². The van der Waals surface area contributed by atoms with E-state index >= 15 is 0 Å². The van der Waals surface area contributed by atoms with Crippen LogP contribution in [0.3, 0.4) is 0 Å². The minimum absolute atomic E-state index is 0.0384. The van der Waals surface area contributed by atoms with Crippen molar-refractivity contribution in [1.29, 1.82) is 0 Å². The lowest BCUT2D eigenvalue weighted by molar-refractivity contribution is -0.0422. The van der Waals surface area contributed by atoms with Gasteiger partial charge in [-0.15, -0.1) is 11.3 Å². The second kappa shape index (κ2) is 5.27. The number of fused-ring (bicyclic) bond motifs is 1. The predicted molar refractivity (Wildman–Crippen MR) is 80.5 cm³/mol. The van der Waals surface area contributed by atoms with E-state index in [1.807, 2.05) is 6.92 Å². The van der Waals surface area contributed by atoms with Gasteiger partial charge in [0, 0.05) is 18.0 Å². The summed E-state index contributed by atoms with van der Waals surface area (Å²) in [4.78, 5) is 13.4. The van der Waals surface area contributed by atoms with Crippen molar-refractivity contribution in [3.63, 3.8) is 0 Å². The third-order valence-corrected chi connectivity index (χ3v) is 4.89. The first-order valence-electron chi connectivity index (χ1n) is 6.82. The highest BCUT2D eigenvalue weighted by Gasteiger charge is 2.27. The fourth-order valence-electron chi connectivity index (χ4n) is 2.72. The van der Waals surface area contributed by atoms with E-state index < -0.39 is 0 Å². The van der Waals surface area contributed by atoms with Gasteiger partial charge in [-0.25, -0.2) is 9.97 Å². The smallest absolute Gasteiger partial charge is 0.141 e. The molecule has 1 aliphatic heterocycles. The molecule has 1 aliphatic rings. The Balaban J connectivity index is 2.05. The largest absolute Gasteiger partial charge is 0.394 e. The molecule has 0 bridgehead atoms. The second-order valence-electron chi connectivity index (χ2n) is 5.32. The molecule has 0 aliphatic carbocycles. The fraction of sp³-hybridized carbons (Fsp3) is 0.571. The van der Waals surface area contributed by atoms with Gasteiger partial charge in [-0.1, -0.05) is 0 Å². The summed E-state index contributed by atoms with van der Waals surface area (Å²) in [5.41, 5.74) is 1.25. The number of ether oxygens (including phenoxy) is 1. The highest BCUT2D eigenvalue weighted by atomic mass is 32.1. The summed E-state index contributed by atoms with van der Waals surface area (Å²) in [6, 6.07) is 0. The fourth-order valence-corrected chi connectivity index (χ4v) is 3.71. The molecule has 0 saturated carbocycles. The average molecular weight is 293 g/mol. The van der Waals surface area contributed by atoms with Crippen molar-refractivity contribution in [3.8, 4) is 0 Å². The zero-order valence-corrected chi connectivity index (χ0v) is 12.8. The Bertz CT molecular complexity index is 628. The van der Waals surface area contributed by atoms with Gasteiger partial charge in [-0.05, 0) is 26.3 Å². The van der Waals surface area contributed by atoms with Crippen LogP contribution in [0.25, 0.3) is 10.2 Å². The normalized spacial score (nSPS) is 23.5. The van der Waals surface area contributed by atoms with Crippen LogP contribution in [0, 0.1) is 13.8 Å². The van der Waals surface area contributed by atoms with Crippen LogP contribution in [0.15, 0.2) is 6.33 Å². The predicted octanol–water partition coefficient (Wildman–Crippen LogP) is 1.89. The first-order valence-corrected chi connectivity index (χ1v) is 7.63. The van der Waals surface area contributed by atoms with Gasteiger partial charge in [-0.2, -0.15) is 0 Å². The average Bonchev–Trinajstić information content (AvgIpc) is 2.73. The Morgan fingerprint density at radius 1 is 1.40 bits per heavy atom. The Morgan fingerprint density at radius 3 is 2.95 bits per heavy atom. The van der Waals surface area contributed by atoms with Crippen LogP contribution in [0.5, 0.6) is 0 Å². The third kappa shape index (κ3) is 2.28. The molecule has 3 heterocycles. The number of aliphatic hydroxyl groups excluding tert-OH is 1. The molecule has 6 heteroatoms. The minimum Gasteiger partial charge on any atom is -0.394 e. The van der Waals surface area contributed by atoms with E-state index in [2.05, 4.69) is 28.7 Å². The Hall–Kier alpha value is -1.24. The molecule has 20 heavy (non-hydrogen) atoms. The van der Waals surface area contributed by atoms with Crippen LogP contribution < -0.4 is 4.90 Å². The monoisotopic (exact) mass is 293 g/mol. The molecule has 0 spiro atoms. The quantitative estimate of drug-likeness (QED) is 0.916. The number of aromatic nitrogens is 2. The van der Waals surface area contributed by atoms with Crippen molar-refractivity contribution in [2.75, 3.05) is 24.6 Å². The highest BCUT2D eigenvalue weighted by molar-refractivity contribution is 7.18. The number of rotatable bonds is 2. The molecule has 2 atom stereocenters. The Kier molecular flexibility index (Phi) is 3.62. The molecule has 2 aromatic rings. The topological polar surface area (TPSA) is 58.5 Å². The number of thiophene rings is 1. The number of nitrogens with zero attached hydrogens (tertiary/aromatic N) is 3. The molecular formula is C14H19N3O2S. The van der Waals surface area contributed by atoms with Crippen molar-refractivity contribution in [2.45, 2.75) is 33.0 Å². The summed E-state index contributed by atoms with van der Waals surface area (Å²) in [6.07, 6.45) is 1.57. The number of anilines is 1. The van der Waals surface area contributed by atoms with Crippen molar-refractivity contribution < 1.29 is 9.84 Å². The molecule has 1 fully saturated rings. The van der Waals surface area contributed by atoms with Gasteiger partial charge in [0.1, 0.15) is 17.0 Å². The SMILES string of the molecule is Cc1sc2ncnc(N3CC(C)OC(CO)C3)c2c1C. The number of hydrogen-bond acceptors (Lipinski definition) is 6. The summed E-state index contributed by atoms with van der Waals surface area (Å²) in [5, 5.41) is 10.5. The van der Waals surface area contributed by atoms with E-state index in [9.17, 15) is 5.11 Å². The van der Waals surface area contributed by atoms with E-state index in [1.165, 1.54) is 10.4 Å². The van der Waals surface area contributed by atoms with Crippen LogP contribution in [0.1, 0.15) is 17.4 Å². The molecular weight excluding hydrogens is 274 g/mol. The van der Waals surface area contributed by atoms with Gasteiger partial charge in [0.05, 0.1) is 24.2 Å². The van der Waals surface area contributed by atoms with Crippen LogP contribution in [-0.2, 0) is 4.74 Å². The summed E-state index contributed by atoms with van der Waals surface area (Å²) < 4.78 is 5.70. The summed E-state index contributed by atoms with van der Waals surface area (Å²) in [5.74, 6) is 0.963. The molecule has 3 rings (SSSR count). The lowest BCUT2D eigenvalue weighted by atomic mass is 10.1. The summed E-state index contributed by atoms with van der Waals surface area (Å²) in [7, 11) is 0. The second-order valence-corrected chi connectivity index (χ2v) is 6.52. The number of aryl methyl sites for hydroxylation is 2. The van der Waals surface area contributed by atoms with Gasteiger partial charge >= 0.3 is 0 Å². The summed E-state index contributed by atoms with van der Waals surface area (Å²) >= 11 is 1.71. The van der Waals surface area contributed by atoms with E-state index in [4.69, 9.17) is 4.74 Å². The molecule has 1 N–H and O–H groups in total. The Morgan fingerprint density at radius 2 is 2.20 bits per heavy atom. The third-order valence-electron chi connectivity index (χ3n) is 3.77. The van der Waals surface area contributed by atoms with Gasteiger partial charge < -0.3 is 14.7 Å². The maximum Gasteiger partial charge on any atom is 0.141 e. The van der Waals surface area contributed by atoms with Crippen molar-refractivity contribution >= 4 is 27.4 Å². The summed E-state index contributed by atoms with van der Waals surface area (Å²) in [6.45, 7) is 7.76. The molecule has 2 aromatic heterocycles. The van der Waals surface area contributed by atoms with E-state index in [1.54, 1.807) is 17.7 Å². The molecule has 0 radical (unpaired) electrons. The minimum atomic E-state index is -0.149. The lowest BCUT2D eigenvalue weighted by Crippen LogP contribution is -2.48. The van der Waals surface area contributed by atoms with Crippen LogP contribution in [-0.4, -0.2) is 47.0 Å². The number of hydrogen-bond donors (Lipinski definition) is 1. The van der Waals surface area contributed by atoms with Gasteiger partial charge in [0.15, 0.2) is 0 Å². The van der Waals surface area contributed by atoms with Crippen molar-refractivity contribution in [1.82, 2.24) is 9.97 Å². The van der Waals surface area contributed by atoms with Gasteiger partial charge in [0.25, 0.3) is 0 Å². The maximum absolute atomic E-state index is 9.36. The van der Waals surface area contributed by atoms with Gasteiger partial charge in [-0.3, -0.25) is 0 Å². The standard InChI is InChI=1S/C14H19N3O2S/c1-8-4-17(5-11(6-18)19-8)13-12-9(2)10(3)20-14(12)16-7-15-13/h7-8,11,18H,4-6H2,1-3H3. The zero-order chi connectivity index (χ0) is 14.3.